The zero-order valence-electron chi connectivity index (χ0n) is 33.7. The first kappa shape index (κ1) is 70.6. The molecule has 52 heteroatoms. The second-order valence-corrected chi connectivity index (χ2v) is 16.5. The summed E-state index contributed by atoms with van der Waals surface area (Å²) in [6.07, 6.45) is -56.7. The minimum atomic E-state index is -10.6. The van der Waals surface area contributed by atoms with E-state index in [0.717, 1.165) is 0 Å². The molecule has 0 aromatic rings. The Hall–Kier alpha value is -3.64. The summed E-state index contributed by atoms with van der Waals surface area (Å²) < 4.78 is 724. The van der Waals surface area contributed by atoms with E-state index in [9.17, 15) is 211 Å². The Morgan fingerprint density at radius 1 is 0.150 bits per heavy atom. The van der Waals surface area contributed by atoms with Gasteiger partial charge in [-0.25, -0.2) is 35.1 Å². The molecule has 476 valence electrons. The molecule has 4 aliphatic rings. The van der Waals surface area contributed by atoms with Crippen LogP contribution in [0.15, 0.2) is 0 Å². The van der Waals surface area contributed by atoms with Crippen LogP contribution >= 0.6 is 0 Å². The fourth-order valence-electron chi connectivity index (χ4n) is 9.05. The molecule has 7 unspecified atom stereocenters. The fourth-order valence-corrected chi connectivity index (χ4v) is 9.05. The van der Waals surface area contributed by atoms with Crippen molar-refractivity contribution in [2.24, 2.45) is 5.41 Å². The van der Waals surface area contributed by atoms with Crippen LogP contribution in [0.1, 0.15) is 0 Å². The van der Waals surface area contributed by atoms with Crippen LogP contribution in [-0.4, -0.2) is 159 Å². The van der Waals surface area contributed by atoms with Gasteiger partial charge < -0.3 is 0 Å². The maximum Gasteiger partial charge on any atom is 0.435 e. The Kier molecular flexibility index (Phi) is 13.6. The summed E-state index contributed by atoms with van der Waals surface area (Å²) >= 11 is 0. The first-order chi connectivity index (χ1) is 33.5. The summed E-state index contributed by atoms with van der Waals surface area (Å²) in [5.41, 5.74) is -92.3. The lowest BCUT2D eigenvalue weighted by atomic mass is 9.41. The van der Waals surface area contributed by atoms with Gasteiger partial charge in [0.05, 0.1) is 0 Å². The van der Waals surface area contributed by atoms with Gasteiger partial charge in [0.2, 0.25) is 5.41 Å². The van der Waals surface area contributed by atoms with Gasteiger partial charge in [-0.1, -0.05) is 0 Å². The quantitative estimate of drug-likeness (QED) is 0.242. The molecule has 0 N–H and O–H groups in total. The lowest BCUT2D eigenvalue weighted by Crippen LogP contribution is -3.04. The second kappa shape index (κ2) is 15.4. The van der Waals surface area contributed by atoms with Crippen LogP contribution in [0.5, 0.6) is 0 Å². The highest BCUT2D eigenvalue weighted by Gasteiger charge is 3.22. The molecule has 7 atom stereocenters. The monoisotopic (exact) mass is 1320 g/mol. The van der Waals surface area contributed by atoms with E-state index in [1.165, 1.54) is 0 Å². The van der Waals surface area contributed by atoms with Gasteiger partial charge in [-0.3, -0.25) is 0 Å². The van der Waals surface area contributed by atoms with E-state index in [0.29, 0.717) is 0 Å². The first-order valence-electron chi connectivity index (χ1n) is 17.3. The predicted molar refractivity (Wildman–Crippen MR) is 134 cm³/mol. The van der Waals surface area contributed by atoms with Gasteiger partial charge in [-0.2, -0.15) is 193 Å². The van der Waals surface area contributed by atoms with E-state index in [1.54, 1.807) is 0 Å². The highest BCUT2D eigenvalue weighted by molar-refractivity contribution is 5.51. The summed E-state index contributed by atoms with van der Waals surface area (Å²) in [5, 5.41) is 0. The molecule has 0 aliphatic heterocycles. The Labute approximate surface area is 394 Å². The second-order valence-electron chi connectivity index (χ2n) is 16.5. The average Bonchev–Trinajstić information content (AvgIpc) is 3.19. The van der Waals surface area contributed by atoms with E-state index in [1.807, 2.05) is 0 Å². The Morgan fingerprint density at radius 3 is 0.550 bits per heavy atom. The first-order valence-corrected chi connectivity index (χ1v) is 17.3. The van der Waals surface area contributed by atoms with Gasteiger partial charge in [0, 0.05) is 0 Å². The summed E-state index contributed by atoms with van der Waals surface area (Å²) in [4.78, 5) is 0. The highest BCUT2D eigenvalue weighted by atomic mass is 19.5. The molecule has 0 nitrogen and oxygen atoms in total. The molecule has 0 spiro atoms. The maximum atomic E-state index is 15.5. The molecular formula is C28F52. The number of halogens is 52. The Balaban J connectivity index is 0.000000420. The molecule has 0 aromatic carbocycles. The minimum absolute atomic E-state index is 8.99. The summed E-state index contributed by atoms with van der Waals surface area (Å²) in [7, 11) is 0. The normalized spacial score (nSPS) is 39.1. The van der Waals surface area contributed by atoms with Crippen molar-refractivity contribution in [1.29, 1.82) is 0 Å². The van der Waals surface area contributed by atoms with Crippen molar-refractivity contribution >= 4 is 0 Å². The molecule has 0 saturated heterocycles. The topological polar surface area (TPSA) is 0 Å². The Morgan fingerprint density at radius 2 is 0.338 bits per heavy atom. The fraction of sp³-hybridized carbons (Fsp3) is 1.00. The Bertz CT molecular complexity index is 2410. The molecule has 0 radical (unpaired) electrons. The molecule has 80 heavy (non-hydrogen) atoms. The van der Waals surface area contributed by atoms with Crippen LogP contribution in [-0.2, 0) is 0 Å². The van der Waals surface area contributed by atoms with Gasteiger partial charge >= 0.3 is 131 Å². The molecule has 0 bridgehead atoms. The predicted octanol–water partition coefficient (Wildman–Crippen LogP) is 16.3. The van der Waals surface area contributed by atoms with Crippen LogP contribution in [0, 0.1) is 5.41 Å². The van der Waals surface area contributed by atoms with Crippen molar-refractivity contribution in [2.45, 2.75) is 159 Å². The van der Waals surface area contributed by atoms with Crippen LogP contribution < -0.4 is 0 Å². The van der Waals surface area contributed by atoms with Gasteiger partial charge in [0.15, 0.2) is 0 Å². The van der Waals surface area contributed by atoms with Crippen LogP contribution in [0.3, 0.4) is 0 Å². The van der Waals surface area contributed by atoms with Crippen molar-refractivity contribution in [3.63, 3.8) is 0 Å². The van der Waals surface area contributed by atoms with Gasteiger partial charge in [-0.15, -0.1) is 0 Å². The van der Waals surface area contributed by atoms with Crippen molar-refractivity contribution < 1.29 is 228 Å². The van der Waals surface area contributed by atoms with E-state index in [-0.39, 0.29) is 0 Å². The molecule has 4 fully saturated rings. The zero-order valence-corrected chi connectivity index (χ0v) is 33.7. The van der Waals surface area contributed by atoms with Crippen molar-refractivity contribution in [3.05, 3.63) is 0 Å². The molecule has 4 saturated carbocycles. The van der Waals surface area contributed by atoms with Gasteiger partial charge in [-0.05, 0) is 0 Å². The third-order valence-electron chi connectivity index (χ3n) is 12.8. The third kappa shape index (κ3) is 5.64. The van der Waals surface area contributed by atoms with Crippen LogP contribution in [0.2, 0.25) is 0 Å². The van der Waals surface area contributed by atoms with E-state index >= 15 is 17.6 Å². The summed E-state index contributed by atoms with van der Waals surface area (Å²) in [6, 6.07) is 0. The lowest BCUT2D eigenvalue weighted by molar-refractivity contribution is -0.596. The maximum absolute atomic E-state index is 15.5. The van der Waals surface area contributed by atoms with Crippen molar-refractivity contribution in [2.75, 3.05) is 0 Å². The zero-order chi connectivity index (χ0) is 66.0. The molecule has 4 rings (SSSR count). The van der Waals surface area contributed by atoms with Crippen molar-refractivity contribution in [1.82, 2.24) is 0 Å². The van der Waals surface area contributed by atoms with Crippen molar-refractivity contribution in [3.8, 4) is 0 Å². The number of rotatable bonds is 2. The SMILES string of the molecule is FC(F)(F)C(F)(C(F)(F)F)C1(C(F)(F)F)C(F)(F)C(F)(F)C(F)(F)C2(F)C(F)(F)C(F)(F)C(F)(F)C(F)(F)C21F.FC(F)(F)C(F)(C(F)(F)F)C1(F)C(F)(C(F)(F)F)C(F)(F)C(F)(F)C2(F)C(F)(F)C(F)(F)C(F)(F)C(F)(F)C21F. The molecular weight excluding hydrogens is 1320 g/mol. The number of alkyl halides is 52. The molecule has 4 aliphatic carbocycles. The van der Waals surface area contributed by atoms with E-state index < -0.39 is 165 Å². The molecule has 0 aromatic heterocycles. The molecule has 0 amide bonds. The van der Waals surface area contributed by atoms with E-state index in [2.05, 4.69) is 0 Å². The number of fused-ring (bicyclic) bond motifs is 2. The van der Waals surface area contributed by atoms with Crippen LogP contribution in [0.4, 0.5) is 228 Å². The number of hydrogen-bond donors (Lipinski definition) is 0. The largest absolute Gasteiger partial charge is 0.435 e. The number of hydrogen-bond acceptors (Lipinski definition) is 0. The summed E-state index contributed by atoms with van der Waals surface area (Å²) in [5.74, 6) is -123. The lowest BCUT2D eigenvalue weighted by Gasteiger charge is -2.69. The third-order valence-corrected chi connectivity index (χ3v) is 12.8. The van der Waals surface area contributed by atoms with Gasteiger partial charge in [0.25, 0.3) is 28.3 Å². The van der Waals surface area contributed by atoms with Gasteiger partial charge in [0.1, 0.15) is 0 Å². The molecule has 0 heterocycles. The van der Waals surface area contributed by atoms with Crippen LogP contribution in [0.25, 0.3) is 0 Å². The summed E-state index contributed by atoms with van der Waals surface area (Å²) in [6.45, 7) is 0. The average molecular weight is 1320 g/mol. The minimum Gasteiger partial charge on any atom is -0.231 e. The highest BCUT2D eigenvalue weighted by Crippen LogP contribution is 2.89. The van der Waals surface area contributed by atoms with E-state index in [4.69, 9.17) is 0 Å². The standard InChI is InChI=1S/2C14F26/c15-1(5(19,13(35,36)37)14(38,39)40)2(16)3(17,7(22,23)9(26,27)4(1,18)12(32,33)34)8(24,25)11(30,31)10(28,29)6(2,20)21;15-2-1(12(32,33)34,3(16,13(35,36)37)14(38,39)40)5(18,19)9(26,27)7(22,23)4(2,17)8(24,25)11(30,31)10(28,29)6(2,20)21. The smallest absolute Gasteiger partial charge is 0.231 e.